The molecule has 1 fully saturated rings. The fourth-order valence-electron chi connectivity index (χ4n) is 0.982. The Balaban J connectivity index is 0.000000640. The molecule has 56 valence electrons. The van der Waals surface area contributed by atoms with Gasteiger partial charge in [-0.2, -0.15) is 11.8 Å². The van der Waals surface area contributed by atoms with Crippen molar-refractivity contribution < 1.29 is 0 Å². The van der Waals surface area contributed by atoms with Gasteiger partial charge in [0.1, 0.15) is 0 Å². The van der Waals surface area contributed by atoms with Gasteiger partial charge in [0.05, 0.1) is 0 Å². The summed E-state index contributed by atoms with van der Waals surface area (Å²) in [6, 6.07) is 0. The zero-order chi connectivity index (χ0) is 5.82. The quantitative estimate of drug-likeness (QED) is 0.641. The van der Waals surface area contributed by atoms with Gasteiger partial charge in [-0.3, -0.25) is 0 Å². The number of halogens is 1. The largest absolute Gasteiger partial charge is 0.330 e. The first kappa shape index (κ1) is 9.60. The molecular formula is C6H14ClNS. The van der Waals surface area contributed by atoms with Gasteiger partial charge in [0, 0.05) is 0 Å². The first-order valence-corrected chi connectivity index (χ1v) is 4.37. The van der Waals surface area contributed by atoms with Crippen LogP contribution in [0.25, 0.3) is 0 Å². The van der Waals surface area contributed by atoms with Crippen molar-refractivity contribution in [1.82, 2.24) is 0 Å². The summed E-state index contributed by atoms with van der Waals surface area (Å²) >= 11 is 2.06. The number of hydrogen-bond acceptors (Lipinski definition) is 2. The minimum Gasteiger partial charge on any atom is -0.330 e. The molecule has 0 amide bonds. The Morgan fingerprint density at radius 2 is 1.89 bits per heavy atom. The highest BCUT2D eigenvalue weighted by Gasteiger charge is 2.10. The van der Waals surface area contributed by atoms with Crippen molar-refractivity contribution in [2.24, 2.45) is 11.7 Å². The third-order valence-electron chi connectivity index (χ3n) is 1.67. The molecule has 0 spiro atoms. The van der Waals surface area contributed by atoms with Crippen LogP contribution >= 0.6 is 24.2 Å². The summed E-state index contributed by atoms with van der Waals surface area (Å²) in [5, 5.41) is 0. The Bertz CT molecular complexity index is 64.1. The highest BCUT2D eigenvalue weighted by atomic mass is 35.5. The molecule has 0 aromatic heterocycles. The second-order valence-electron chi connectivity index (χ2n) is 2.29. The molecule has 0 aromatic carbocycles. The van der Waals surface area contributed by atoms with Crippen molar-refractivity contribution in [3.05, 3.63) is 0 Å². The maximum atomic E-state index is 5.49. The number of nitrogens with two attached hydrogens (primary N) is 1. The standard InChI is InChI=1S/C6H13NS.ClH/c7-5-6-1-3-8-4-2-6;/h6H,1-5,7H2;1H. The third kappa shape index (κ3) is 3.33. The second kappa shape index (κ2) is 5.39. The average molecular weight is 168 g/mol. The maximum Gasteiger partial charge on any atom is -0.00483 e. The van der Waals surface area contributed by atoms with E-state index in [1.165, 1.54) is 24.3 Å². The minimum atomic E-state index is 0. The molecular weight excluding hydrogens is 154 g/mol. The normalized spacial score (nSPS) is 21.0. The lowest BCUT2D eigenvalue weighted by atomic mass is 10.0. The second-order valence-corrected chi connectivity index (χ2v) is 3.52. The lowest BCUT2D eigenvalue weighted by Crippen LogP contribution is -2.18. The molecule has 0 atom stereocenters. The first-order valence-electron chi connectivity index (χ1n) is 3.21. The van der Waals surface area contributed by atoms with Crippen LogP contribution in [0.1, 0.15) is 12.8 Å². The SMILES string of the molecule is Cl.NCC1CCSCC1. The summed E-state index contributed by atoms with van der Waals surface area (Å²) in [4.78, 5) is 0. The Kier molecular flexibility index (Phi) is 5.75. The maximum absolute atomic E-state index is 5.49. The van der Waals surface area contributed by atoms with Gasteiger partial charge in [-0.25, -0.2) is 0 Å². The Morgan fingerprint density at radius 1 is 1.33 bits per heavy atom. The van der Waals surface area contributed by atoms with Crippen molar-refractivity contribution in [3.8, 4) is 0 Å². The Labute approximate surface area is 67.2 Å². The molecule has 1 saturated heterocycles. The number of rotatable bonds is 1. The van der Waals surface area contributed by atoms with Crippen LogP contribution in [0.2, 0.25) is 0 Å². The summed E-state index contributed by atoms with van der Waals surface area (Å²) in [5.74, 6) is 3.51. The zero-order valence-corrected chi connectivity index (χ0v) is 7.14. The molecule has 0 bridgehead atoms. The molecule has 1 rings (SSSR count). The van der Waals surface area contributed by atoms with Crippen LogP contribution in [0.3, 0.4) is 0 Å². The molecule has 1 aliphatic rings. The van der Waals surface area contributed by atoms with Crippen LogP contribution in [0.4, 0.5) is 0 Å². The fourth-order valence-corrected chi connectivity index (χ4v) is 2.19. The van der Waals surface area contributed by atoms with Crippen molar-refractivity contribution >= 4 is 24.2 Å². The molecule has 1 heterocycles. The van der Waals surface area contributed by atoms with Crippen molar-refractivity contribution in [1.29, 1.82) is 0 Å². The zero-order valence-electron chi connectivity index (χ0n) is 5.51. The summed E-state index contributed by atoms with van der Waals surface area (Å²) < 4.78 is 0. The minimum absolute atomic E-state index is 0. The lowest BCUT2D eigenvalue weighted by Gasteiger charge is -2.18. The van der Waals surface area contributed by atoms with Gasteiger partial charge in [0.25, 0.3) is 0 Å². The lowest BCUT2D eigenvalue weighted by molar-refractivity contribution is 0.502. The van der Waals surface area contributed by atoms with Gasteiger partial charge < -0.3 is 5.73 Å². The molecule has 2 N–H and O–H groups in total. The van der Waals surface area contributed by atoms with Gasteiger partial charge in [-0.15, -0.1) is 12.4 Å². The summed E-state index contributed by atoms with van der Waals surface area (Å²) in [7, 11) is 0. The van der Waals surface area contributed by atoms with Crippen LogP contribution in [0.5, 0.6) is 0 Å². The molecule has 0 radical (unpaired) electrons. The van der Waals surface area contributed by atoms with E-state index in [0.717, 1.165) is 12.5 Å². The van der Waals surface area contributed by atoms with E-state index in [1.807, 2.05) is 0 Å². The van der Waals surface area contributed by atoms with Crippen LogP contribution in [-0.2, 0) is 0 Å². The molecule has 1 aliphatic heterocycles. The summed E-state index contributed by atoms with van der Waals surface area (Å²) in [6.45, 7) is 0.903. The monoisotopic (exact) mass is 167 g/mol. The summed E-state index contributed by atoms with van der Waals surface area (Å²) in [5.41, 5.74) is 5.49. The van der Waals surface area contributed by atoms with E-state index < -0.39 is 0 Å². The molecule has 0 unspecified atom stereocenters. The van der Waals surface area contributed by atoms with E-state index in [2.05, 4.69) is 11.8 Å². The predicted octanol–water partition coefficient (Wildman–Crippen LogP) is 1.51. The van der Waals surface area contributed by atoms with Gasteiger partial charge >= 0.3 is 0 Å². The van der Waals surface area contributed by atoms with Crippen molar-refractivity contribution in [2.75, 3.05) is 18.1 Å². The molecule has 0 aliphatic carbocycles. The molecule has 1 nitrogen and oxygen atoms in total. The molecule has 3 heteroatoms. The van der Waals surface area contributed by atoms with Gasteiger partial charge in [0.2, 0.25) is 0 Å². The molecule has 0 aromatic rings. The third-order valence-corrected chi connectivity index (χ3v) is 2.72. The van der Waals surface area contributed by atoms with Crippen molar-refractivity contribution in [3.63, 3.8) is 0 Å². The van der Waals surface area contributed by atoms with Gasteiger partial charge in [-0.05, 0) is 36.8 Å². The van der Waals surface area contributed by atoms with E-state index in [9.17, 15) is 0 Å². The van der Waals surface area contributed by atoms with Crippen LogP contribution in [0.15, 0.2) is 0 Å². The topological polar surface area (TPSA) is 26.0 Å². The highest BCUT2D eigenvalue weighted by molar-refractivity contribution is 7.99. The highest BCUT2D eigenvalue weighted by Crippen LogP contribution is 2.20. The van der Waals surface area contributed by atoms with Gasteiger partial charge in [-0.1, -0.05) is 0 Å². The molecule has 9 heavy (non-hydrogen) atoms. The first-order chi connectivity index (χ1) is 3.93. The van der Waals surface area contributed by atoms with E-state index in [-0.39, 0.29) is 12.4 Å². The van der Waals surface area contributed by atoms with E-state index in [1.54, 1.807) is 0 Å². The number of thioether (sulfide) groups is 1. The van der Waals surface area contributed by atoms with E-state index in [4.69, 9.17) is 5.73 Å². The fraction of sp³-hybridized carbons (Fsp3) is 1.00. The number of hydrogen-bond donors (Lipinski definition) is 1. The van der Waals surface area contributed by atoms with Crippen molar-refractivity contribution in [2.45, 2.75) is 12.8 Å². The van der Waals surface area contributed by atoms with Crippen LogP contribution < -0.4 is 5.73 Å². The van der Waals surface area contributed by atoms with Crippen LogP contribution in [-0.4, -0.2) is 18.1 Å². The molecule has 0 saturated carbocycles. The Morgan fingerprint density at radius 3 is 2.22 bits per heavy atom. The van der Waals surface area contributed by atoms with E-state index in [0.29, 0.717) is 0 Å². The Hall–Kier alpha value is 0.600. The van der Waals surface area contributed by atoms with Gasteiger partial charge in [0.15, 0.2) is 0 Å². The smallest absolute Gasteiger partial charge is 0.00483 e. The summed E-state index contributed by atoms with van der Waals surface area (Å²) in [6.07, 6.45) is 2.70. The van der Waals surface area contributed by atoms with Crippen LogP contribution in [0, 0.1) is 5.92 Å². The predicted molar refractivity (Wildman–Crippen MR) is 46.4 cm³/mol. The van der Waals surface area contributed by atoms with E-state index >= 15 is 0 Å². The average Bonchev–Trinajstić information content (AvgIpc) is 1.90.